The van der Waals surface area contributed by atoms with Gasteiger partial charge < -0.3 is 11.1 Å². The molecule has 0 bridgehead atoms. The molecule has 5 heteroatoms. The number of amides is 1. The van der Waals surface area contributed by atoms with Crippen LogP contribution in [0.1, 0.15) is 32.1 Å². The summed E-state index contributed by atoms with van der Waals surface area (Å²) < 4.78 is 13.6. The molecule has 1 saturated carbocycles. The number of rotatable bonds is 2. The molecule has 0 heterocycles. The molecule has 2 atom stereocenters. The summed E-state index contributed by atoms with van der Waals surface area (Å²) in [6.45, 7) is 0. The van der Waals surface area contributed by atoms with Crippen LogP contribution in [0.15, 0.2) is 18.2 Å². The van der Waals surface area contributed by atoms with E-state index in [0.717, 1.165) is 32.1 Å². The average Bonchev–Trinajstić information content (AvgIpc) is 2.58. The van der Waals surface area contributed by atoms with Gasteiger partial charge in [-0.25, -0.2) is 4.39 Å². The Hall–Kier alpha value is -1.13. The third kappa shape index (κ3) is 3.45. The molecular formula is C14H18ClFN2O. The zero-order valence-electron chi connectivity index (χ0n) is 10.7. The first-order valence-corrected chi connectivity index (χ1v) is 6.98. The molecule has 104 valence electrons. The van der Waals surface area contributed by atoms with Gasteiger partial charge in [0.25, 0.3) is 0 Å². The molecule has 3 N–H and O–H groups in total. The van der Waals surface area contributed by atoms with Crippen LogP contribution < -0.4 is 11.1 Å². The van der Waals surface area contributed by atoms with Gasteiger partial charge in [0.15, 0.2) is 0 Å². The maximum absolute atomic E-state index is 13.6. The number of nitrogens with one attached hydrogen (secondary N) is 1. The minimum absolute atomic E-state index is 0.0469. The molecule has 3 nitrogen and oxygen atoms in total. The van der Waals surface area contributed by atoms with Gasteiger partial charge in [0.05, 0.1) is 16.6 Å². The van der Waals surface area contributed by atoms with E-state index in [0.29, 0.717) is 0 Å². The molecule has 19 heavy (non-hydrogen) atoms. The smallest absolute Gasteiger partial charge is 0.229 e. The van der Waals surface area contributed by atoms with Crippen LogP contribution >= 0.6 is 11.6 Å². The van der Waals surface area contributed by atoms with Crippen molar-refractivity contribution in [1.82, 2.24) is 0 Å². The molecule has 0 aromatic heterocycles. The number of benzene rings is 1. The van der Waals surface area contributed by atoms with Crippen LogP contribution in [0, 0.1) is 11.7 Å². The van der Waals surface area contributed by atoms with E-state index < -0.39 is 5.82 Å². The summed E-state index contributed by atoms with van der Waals surface area (Å²) in [6.07, 6.45) is 4.71. The molecule has 1 fully saturated rings. The topological polar surface area (TPSA) is 55.1 Å². The fourth-order valence-corrected chi connectivity index (χ4v) is 2.71. The third-order valence-corrected chi connectivity index (χ3v) is 3.93. The maximum atomic E-state index is 13.6. The van der Waals surface area contributed by atoms with Crippen molar-refractivity contribution in [3.63, 3.8) is 0 Å². The summed E-state index contributed by atoms with van der Waals surface area (Å²) in [6, 6.07) is 4.17. The number of carbonyl (C=O) groups is 1. The van der Waals surface area contributed by atoms with Crippen LogP contribution in [0.3, 0.4) is 0 Å². The van der Waals surface area contributed by atoms with E-state index >= 15 is 0 Å². The Morgan fingerprint density at radius 3 is 2.79 bits per heavy atom. The number of para-hydroxylation sites is 1. The van der Waals surface area contributed by atoms with Crippen LogP contribution in [0.2, 0.25) is 5.02 Å². The molecule has 1 aliphatic carbocycles. The Bertz CT molecular complexity index is 447. The van der Waals surface area contributed by atoms with Gasteiger partial charge in [0, 0.05) is 6.04 Å². The second kappa shape index (κ2) is 6.35. The van der Waals surface area contributed by atoms with Gasteiger partial charge in [-0.2, -0.15) is 0 Å². The van der Waals surface area contributed by atoms with Crippen molar-refractivity contribution in [3.8, 4) is 0 Å². The first kappa shape index (κ1) is 14.3. The molecule has 0 radical (unpaired) electrons. The SMILES string of the molecule is NC1CCCCCC1C(=O)Nc1c(F)cccc1Cl. The summed E-state index contributed by atoms with van der Waals surface area (Å²) >= 11 is 5.90. The molecule has 2 unspecified atom stereocenters. The van der Waals surface area contributed by atoms with Gasteiger partial charge in [-0.1, -0.05) is 36.9 Å². The van der Waals surface area contributed by atoms with E-state index in [-0.39, 0.29) is 28.6 Å². The van der Waals surface area contributed by atoms with Gasteiger partial charge in [0.1, 0.15) is 5.82 Å². The standard InChI is InChI=1S/C14H18ClFN2O/c15-10-6-4-7-11(16)13(10)18-14(19)9-5-2-1-3-8-12(9)17/h4,6-7,9,12H,1-3,5,8,17H2,(H,18,19). The highest BCUT2D eigenvalue weighted by Crippen LogP contribution is 2.28. The molecule has 1 aromatic carbocycles. The van der Waals surface area contributed by atoms with Gasteiger partial charge in [-0.05, 0) is 25.0 Å². The fraction of sp³-hybridized carbons (Fsp3) is 0.500. The monoisotopic (exact) mass is 284 g/mol. The fourth-order valence-electron chi connectivity index (χ4n) is 2.49. The third-order valence-electron chi connectivity index (χ3n) is 3.62. The molecule has 0 aliphatic heterocycles. The van der Waals surface area contributed by atoms with Gasteiger partial charge >= 0.3 is 0 Å². The highest BCUT2D eigenvalue weighted by atomic mass is 35.5. The van der Waals surface area contributed by atoms with E-state index in [1.807, 2.05) is 0 Å². The molecule has 0 saturated heterocycles. The van der Waals surface area contributed by atoms with E-state index in [1.165, 1.54) is 12.1 Å². The predicted molar refractivity (Wildman–Crippen MR) is 74.6 cm³/mol. The molecule has 2 rings (SSSR count). The Labute approximate surface area is 117 Å². The lowest BCUT2D eigenvalue weighted by Crippen LogP contribution is -2.38. The summed E-state index contributed by atoms with van der Waals surface area (Å²) in [7, 11) is 0. The average molecular weight is 285 g/mol. The second-order valence-corrected chi connectivity index (χ2v) is 5.40. The van der Waals surface area contributed by atoms with E-state index in [1.54, 1.807) is 6.07 Å². The first-order chi connectivity index (χ1) is 9.09. The number of hydrogen-bond donors (Lipinski definition) is 2. The zero-order chi connectivity index (χ0) is 13.8. The Morgan fingerprint density at radius 1 is 1.32 bits per heavy atom. The Morgan fingerprint density at radius 2 is 2.05 bits per heavy atom. The van der Waals surface area contributed by atoms with Gasteiger partial charge in [-0.3, -0.25) is 4.79 Å². The quantitative estimate of drug-likeness (QED) is 0.819. The Balaban J connectivity index is 2.11. The van der Waals surface area contributed by atoms with E-state index in [9.17, 15) is 9.18 Å². The van der Waals surface area contributed by atoms with Crippen molar-refractivity contribution in [3.05, 3.63) is 29.0 Å². The molecule has 1 aliphatic rings. The van der Waals surface area contributed by atoms with Crippen molar-refractivity contribution in [2.45, 2.75) is 38.1 Å². The summed E-state index contributed by atoms with van der Waals surface area (Å²) in [5.41, 5.74) is 6.07. The summed E-state index contributed by atoms with van der Waals surface area (Å²) in [4.78, 5) is 12.2. The van der Waals surface area contributed by atoms with Crippen molar-refractivity contribution in [2.24, 2.45) is 11.7 Å². The van der Waals surface area contributed by atoms with Crippen LogP contribution in [-0.2, 0) is 4.79 Å². The van der Waals surface area contributed by atoms with Crippen LogP contribution in [-0.4, -0.2) is 11.9 Å². The minimum atomic E-state index is -0.525. The summed E-state index contributed by atoms with van der Waals surface area (Å²) in [5, 5.41) is 2.78. The summed E-state index contributed by atoms with van der Waals surface area (Å²) in [5.74, 6) is -1.03. The molecule has 1 amide bonds. The zero-order valence-corrected chi connectivity index (χ0v) is 11.4. The highest BCUT2D eigenvalue weighted by Gasteiger charge is 2.27. The normalized spacial score (nSPS) is 23.7. The number of nitrogens with two attached hydrogens (primary N) is 1. The number of hydrogen-bond acceptors (Lipinski definition) is 2. The highest BCUT2D eigenvalue weighted by molar-refractivity contribution is 6.33. The van der Waals surface area contributed by atoms with Crippen molar-refractivity contribution < 1.29 is 9.18 Å². The molecular weight excluding hydrogens is 267 g/mol. The lowest BCUT2D eigenvalue weighted by Gasteiger charge is -2.21. The number of halogens is 2. The van der Waals surface area contributed by atoms with Crippen LogP contribution in [0.25, 0.3) is 0 Å². The maximum Gasteiger partial charge on any atom is 0.229 e. The molecule has 1 aromatic rings. The predicted octanol–water partition coefficient (Wildman–Crippen LogP) is 3.33. The van der Waals surface area contributed by atoms with Gasteiger partial charge in [-0.15, -0.1) is 0 Å². The minimum Gasteiger partial charge on any atom is -0.327 e. The van der Waals surface area contributed by atoms with Crippen molar-refractivity contribution in [1.29, 1.82) is 0 Å². The molecule has 0 spiro atoms. The Kier molecular flexibility index (Phi) is 4.77. The largest absolute Gasteiger partial charge is 0.327 e. The van der Waals surface area contributed by atoms with E-state index in [4.69, 9.17) is 17.3 Å². The van der Waals surface area contributed by atoms with Crippen LogP contribution in [0.5, 0.6) is 0 Å². The van der Waals surface area contributed by atoms with E-state index in [2.05, 4.69) is 5.32 Å². The number of anilines is 1. The lowest BCUT2D eigenvalue weighted by atomic mass is 9.94. The van der Waals surface area contributed by atoms with Crippen LogP contribution in [0.4, 0.5) is 10.1 Å². The second-order valence-electron chi connectivity index (χ2n) is 4.99. The van der Waals surface area contributed by atoms with Crippen molar-refractivity contribution >= 4 is 23.2 Å². The van der Waals surface area contributed by atoms with Gasteiger partial charge in [0.2, 0.25) is 5.91 Å². The van der Waals surface area contributed by atoms with Crippen molar-refractivity contribution in [2.75, 3.05) is 5.32 Å². The lowest BCUT2D eigenvalue weighted by molar-refractivity contribution is -0.120. The first-order valence-electron chi connectivity index (χ1n) is 6.60. The number of carbonyl (C=O) groups excluding carboxylic acids is 1.